The van der Waals surface area contributed by atoms with Crippen molar-refractivity contribution < 1.29 is 14.7 Å². The van der Waals surface area contributed by atoms with Crippen LogP contribution in [0.4, 0.5) is 0 Å². The number of amides is 1. The van der Waals surface area contributed by atoms with Crippen LogP contribution in [-0.2, 0) is 17.8 Å². The highest BCUT2D eigenvalue weighted by Gasteiger charge is 2.27. The Bertz CT molecular complexity index is 1490. The van der Waals surface area contributed by atoms with Gasteiger partial charge in [0.15, 0.2) is 5.69 Å². The summed E-state index contributed by atoms with van der Waals surface area (Å²) in [7, 11) is 0. The van der Waals surface area contributed by atoms with Crippen molar-refractivity contribution in [1.82, 2.24) is 15.1 Å². The van der Waals surface area contributed by atoms with E-state index >= 15 is 0 Å². The zero-order valence-electron chi connectivity index (χ0n) is 18.5. The molecule has 3 aromatic carbocycles. The largest absolute Gasteiger partial charge is 0.481 e. The van der Waals surface area contributed by atoms with Crippen LogP contribution >= 0.6 is 34.8 Å². The number of hydrogen-bond donors (Lipinski definition) is 2. The highest BCUT2D eigenvalue weighted by atomic mass is 35.5. The van der Waals surface area contributed by atoms with Crippen molar-refractivity contribution >= 4 is 46.7 Å². The topological polar surface area (TPSA) is 108 Å². The molecule has 0 bridgehead atoms. The number of carboxylic acid groups (broad SMARTS) is 1. The molecule has 0 aliphatic rings. The summed E-state index contributed by atoms with van der Waals surface area (Å²) in [4.78, 5) is 25.1. The quantitative estimate of drug-likeness (QED) is 0.303. The summed E-state index contributed by atoms with van der Waals surface area (Å²) in [5.74, 6) is -1.69. The molecule has 10 heteroatoms. The first-order valence-corrected chi connectivity index (χ1v) is 11.7. The number of carbonyl (C=O) groups is 2. The molecule has 36 heavy (non-hydrogen) atoms. The number of carboxylic acids is 1. The van der Waals surface area contributed by atoms with E-state index in [9.17, 15) is 14.7 Å². The number of rotatable bonds is 7. The number of aromatic nitrogens is 2. The van der Waals surface area contributed by atoms with Crippen LogP contribution in [0.1, 0.15) is 27.2 Å². The minimum absolute atomic E-state index is 0.0537. The number of nitriles is 1. The standard InChI is InChI=1S/C26H17Cl3N4O3/c27-18-7-5-17(6-8-18)25-20(12-23(34)35)24(32-33(25)22-10-9-19(28)11-21(22)29)26(36)31-14-16-3-1-15(13-30)2-4-16/h1-11H,12,14H2,(H,31,36)(H,34,35). The van der Waals surface area contributed by atoms with E-state index in [1.165, 1.54) is 10.7 Å². The zero-order valence-corrected chi connectivity index (χ0v) is 20.8. The van der Waals surface area contributed by atoms with Gasteiger partial charge in [-0.15, -0.1) is 0 Å². The van der Waals surface area contributed by atoms with Crippen molar-refractivity contribution in [3.8, 4) is 23.0 Å². The summed E-state index contributed by atoms with van der Waals surface area (Å²) in [6, 6.07) is 20.3. The van der Waals surface area contributed by atoms with Crippen LogP contribution in [0.3, 0.4) is 0 Å². The minimum Gasteiger partial charge on any atom is -0.481 e. The second-order valence-corrected chi connectivity index (χ2v) is 9.03. The zero-order chi connectivity index (χ0) is 25.8. The number of benzene rings is 3. The average Bonchev–Trinajstić information content (AvgIpc) is 3.21. The predicted octanol–water partition coefficient (Wildman–Crippen LogP) is 5.93. The Labute approximate surface area is 221 Å². The highest BCUT2D eigenvalue weighted by molar-refractivity contribution is 6.35. The molecule has 2 N–H and O–H groups in total. The lowest BCUT2D eigenvalue weighted by atomic mass is 10.0. The van der Waals surface area contributed by atoms with Gasteiger partial charge in [0.2, 0.25) is 0 Å². The molecule has 0 aliphatic heterocycles. The van der Waals surface area contributed by atoms with E-state index in [1.807, 2.05) is 6.07 Å². The molecular formula is C26H17Cl3N4O3. The summed E-state index contributed by atoms with van der Waals surface area (Å²) in [5.41, 5.74) is 2.83. The number of aliphatic carboxylic acids is 1. The fraction of sp³-hybridized carbons (Fsp3) is 0.0769. The van der Waals surface area contributed by atoms with E-state index in [4.69, 9.17) is 40.1 Å². The molecule has 0 unspecified atom stereocenters. The number of nitrogens with zero attached hydrogens (tertiary/aromatic N) is 3. The Kier molecular flexibility index (Phi) is 7.61. The van der Waals surface area contributed by atoms with Gasteiger partial charge in [0.05, 0.1) is 34.5 Å². The minimum atomic E-state index is -1.13. The van der Waals surface area contributed by atoms with E-state index in [0.29, 0.717) is 32.6 Å². The maximum atomic E-state index is 13.3. The van der Waals surface area contributed by atoms with Crippen molar-refractivity contribution in [2.45, 2.75) is 13.0 Å². The van der Waals surface area contributed by atoms with Crippen LogP contribution in [0.25, 0.3) is 16.9 Å². The van der Waals surface area contributed by atoms with Gasteiger partial charge >= 0.3 is 5.97 Å². The van der Waals surface area contributed by atoms with Gasteiger partial charge in [-0.05, 0) is 48.0 Å². The molecule has 1 amide bonds. The van der Waals surface area contributed by atoms with Crippen LogP contribution in [0, 0.1) is 11.3 Å². The first kappa shape index (κ1) is 25.3. The third-order valence-electron chi connectivity index (χ3n) is 5.32. The van der Waals surface area contributed by atoms with Gasteiger partial charge in [0.25, 0.3) is 5.91 Å². The molecule has 1 heterocycles. The van der Waals surface area contributed by atoms with Crippen molar-refractivity contribution in [2.24, 2.45) is 0 Å². The van der Waals surface area contributed by atoms with Crippen molar-refractivity contribution in [3.63, 3.8) is 0 Å². The highest BCUT2D eigenvalue weighted by Crippen LogP contribution is 2.34. The number of carbonyl (C=O) groups excluding carboxylic acids is 1. The van der Waals surface area contributed by atoms with E-state index in [1.54, 1.807) is 60.7 Å². The van der Waals surface area contributed by atoms with E-state index in [2.05, 4.69) is 10.4 Å². The maximum Gasteiger partial charge on any atom is 0.307 e. The molecule has 4 rings (SSSR count). The molecule has 0 saturated heterocycles. The number of nitrogens with one attached hydrogen (secondary N) is 1. The normalized spacial score (nSPS) is 10.6. The fourth-order valence-corrected chi connectivity index (χ4v) is 4.26. The van der Waals surface area contributed by atoms with Crippen LogP contribution in [0.2, 0.25) is 15.1 Å². The molecule has 0 radical (unpaired) electrons. The van der Waals surface area contributed by atoms with Gasteiger partial charge < -0.3 is 10.4 Å². The van der Waals surface area contributed by atoms with E-state index in [0.717, 1.165) is 5.56 Å². The molecule has 0 saturated carbocycles. The van der Waals surface area contributed by atoms with Gasteiger partial charge in [-0.2, -0.15) is 10.4 Å². The smallest absolute Gasteiger partial charge is 0.307 e. The Morgan fingerprint density at radius 2 is 1.64 bits per heavy atom. The van der Waals surface area contributed by atoms with Gasteiger partial charge in [0.1, 0.15) is 0 Å². The molecule has 0 fully saturated rings. The van der Waals surface area contributed by atoms with E-state index in [-0.39, 0.29) is 22.8 Å². The molecule has 7 nitrogen and oxygen atoms in total. The summed E-state index contributed by atoms with van der Waals surface area (Å²) >= 11 is 18.6. The lowest BCUT2D eigenvalue weighted by molar-refractivity contribution is -0.136. The molecule has 0 atom stereocenters. The predicted molar refractivity (Wildman–Crippen MR) is 138 cm³/mol. The van der Waals surface area contributed by atoms with E-state index < -0.39 is 18.3 Å². The molecule has 0 aliphatic carbocycles. The summed E-state index contributed by atoms with van der Waals surface area (Å²) in [6.45, 7) is 0.155. The van der Waals surface area contributed by atoms with Crippen LogP contribution in [0.5, 0.6) is 0 Å². The van der Waals surface area contributed by atoms with Gasteiger partial charge in [-0.3, -0.25) is 9.59 Å². The third-order valence-corrected chi connectivity index (χ3v) is 6.11. The lowest BCUT2D eigenvalue weighted by Crippen LogP contribution is -2.25. The Morgan fingerprint density at radius 3 is 2.25 bits per heavy atom. The maximum absolute atomic E-state index is 13.3. The Hall–Kier alpha value is -3.83. The number of hydrogen-bond acceptors (Lipinski definition) is 4. The molecule has 180 valence electrons. The Morgan fingerprint density at radius 1 is 0.972 bits per heavy atom. The second-order valence-electron chi connectivity index (χ2n) is 7.75. The Balaban J connectivity index is 1.82. The van der Waals surface area contributed by atoms with Crippen LogP contribution in [0.15, 0.2) is 66.7 Å². The average molecular weight is 540 g/mol. The monoisotopic (exact) mass is 538 g/mol. The fourth-order valence-electron chi connectivity index (χ4n) is 3.65. The van der Waals surface area contributed by atoms with Crippen molar-refractivity contribution in [3.05, 3.63) is 104 Å². The summed E-state index contributed by atoms with van der Waals surface area (Å²) < 4.78 is 1.44. The van der Waals surface area contributed by atoms with Gasteiger partial charge in [-0.1, -0.05) is 59.1 Å². The molecule has 4 aromatic rings. The third kappa shape index (κ3) is 5.52. The summed E-state index contributed by atoms with van der Waals surface area (Å²) in [6.07, 6.45) is -0.456. The van der Waals surface area contributed by atoms with Crippen molar-refractivity contribution in [1.29, 1.82) is 5.26 Å². The lowest BCUT2D eigenvalue weighted by Gasteiger charge is -2.11. The number of halogens is 3. The van der Waals surface area contributed by atoms with Gasteiger partial charge in [0, 0.05) is 27.7 Å². The van der Waals surface area contributed by atoms with Crippen molar-refractivity contribution in [2.75, 3.05) is 0 Å². The molecule has 0 spiro atoms. The van der Waals surface area contributed by atoms with Gasteiger partial charge in [-0.25, -0.2) is 4.68 Å². The SMILES string of the molecule is N#Cc1ccc(CNC(=O)c2nn(-c3ccc(Cl)cc3Cl)c(-c3ccc(Cl)cc3)c2CC(=O)O)cc1. The van der Waals surface area contributed by atoms with Crippen LogP contribution in [-0.4, -0.2) is 26.8 Å². The second kappa shape index (κ2) is 10.8. The molecule has 1 aromatic heterocycles. The first-order valence-electron chi connectivity index (χ1n) is 10.6. The summed E-state index contributed by atoms with van der Waals surface area (Å²) in [5, 5.41) is 27.1. The first-order chi connectivity index (χ1) is 17.3. The van der Waals surface area contributed by atoms with Crippen LogP contribution < -0.4 is 5.32 Å². The molecular weight excluding hydrogens is 523 g/mol.